The third kappa shape index (κ3) is 2.21. The zero-order chi connectivity index (χ0) is 21.9. The number of hydrogen-bond acceptors (Lipinski definition) is 7. The molecular formula is C22H23NO7. The topological polar surface area (TPSA) is 119 Å². The maximum atomic E-state index is 13.4. The van der Waals surface area contributed by atoms with Crippen LogP contribution in [0.3, 0.4) is 0 Å². The molecule has 3 aliphatic rings. The van der Waals surface area contributed by atoms with Crippen LogP contribution in [0.1, 0.15) is 30.6 Å². The lowest BCUT2D eigenvalue weighted by atomic mass is 9.75. The van der Waals surface area contributed by atoms with Crippen LogP contribution in [0.4, 0.5) is 0 Å². The first-order valence-electron chi connectivity index (χ1n) is 9.85. The van der Waals surface area contributed by atoms with Gasteiger partial charge in [-0.25, -0.2) is 0 Å². The van der Waals surface area contributed by atoms with Gasteiger partial charge in [-0.05, 0) is 12.5 Å². The fraction of sp³-hybridized carbons (Fsp3) is 0.455. The highest BCUT2D eigenvalue weighted by Crippen LogP contribution is 2.53. The van der Waals surface area contributed by atoms with Gasteiger partial charge in [-0.2, -0.15) is 0 Å². The molecule has 0 unspecified atom stereocenters. The molecule has 4 rings (SSSR count). The Morgan fingerprint density at radius 2 is 1.90 bits per heavy atom. The zero-order valence-electron chi connectivity index (χ0n) is 16.9. The Balaban J connectivity index is 1.82. The van der Waals surface area contributed by atoms with Crippen molar-refractivity contribution in [1.82, 2.24) is 5.32 Å². The molecule has 0 radical (unpaired) electrons. The van der Waals surface area contributed by atoms with E-state index in [0.29, 0.717) is 6.42 Å². The van der Waals surface area contributed by atoms with Crippen molar-refractivity contribution in [2.24, 2.45) is 11.8 Å². The lowest BCUT2D eigenvalue weighted by Gasteiger charge is -2.35. The molecule has 8 heteroatoms. The molecule has 1 aromatic rings. The summed E-state index contributed by atoms with van der Waals surface area (Å²) in [6.45, 7) is 3.35. The third-order valence-corrected chi connectivity index (χ3v) is 6.69. The maximum absolute atomic E-state index is 13.4. The van der Waals surface area contributed by atoms with Gasteiger partial charge in [0.25, 0.3) is 5.91 Å². The number of nitrogens with one attached hydrogen (secondary N) is 1. The van der Waals surface area contributed by atoms with E-state index in [1.807, 2.05) is 6.92 Å². The minimum atomic E-state index is -2.42. The monoisotopic (exact) mass is 413 g/mol. The largest absolute Gasteiger partial charge is 0.383 e. The molecular weight excluding hydrogens is 390 g/mol. The fourth-order valence-corrected chi connectivity index (χ4v) is 5.01. The van der Waals surface area contributed by atoms with Gasteiger partial charge in [0.1, 0.15) is 5.60 Å². The van der Waals surface area contributed by atoms with Crippen molar-refractivity contribution in [2.75, 3.05) is 7.11 Å². The maximum Gasteiger partial charge on any atom is 0.265 e. The molecule has 1 aromatic carbocycles. The SMILES string of the molecule is CC[C@H]1C=CC(=O)[C@]12O[C@@]1(C(=O)N[C@@](OC)(C(=O)c3ccccc3)[C@@H]1O)C(=O)[C@H]2C. The Bertz CT molecular complexity index is 973. The van der Waals surface area contributed by atoms with Crippen LogP contribution in [0.2, 0.25) is 0 Å². The molecule has 30 heavy (non-hydrogen) atoms. The van der Waals surface area contributed by atoms with E-state index < -0.39 is 58.1 Å². The van der Waals surface area contributed by atoms with Gasteiger partial charge in [0, 0.05) is 18.6 Å². The van der Waals surface area contributed by atoms with E-state index in [-0.39, 0.29) is 5.56 Å². The number of ether oxygens (including phenoxy) is 2. The number of rotatable bonds is 4. The molecule has 0 aromatic heterocycles. The summed E-state index contributed by atoms with van der Waals surface area (Å²) in [5, 5.41) is 13.6. The summed E-state index contributed by atoms with van der Waals surface area (Å²) in [4.78, 5) is 52.5. The molecule has 0 bridgehead atoms. The van der Waals surface area contributed by atoms with Gasteiger partial charge >= 0.3 is 0 Å². The first-order valence-corrected chi connectivity index (χ1v) is 9.85. The normalized spacial score (nSPS) is 40.0. The summed E-state index contributed by atoms with van der Waals surface area (Å²) >= 11 is 0. The van der Waals surface area contributed by atoms with E-state index in [9.17, 15) is 24.3 Å². The van der Waals surface area contributed by atoms with E-state index in [1.54, 1.807) is 24.3 Å². The van der Waals surface area contributed by atoms with Crippen molar-refractivity contribution in [3.8, 4) is 0 Å². The number of carbonyl (C=O) groups excluding carboxylic acids is 4. The molecule has 2 fully saturated rings. The number of amides is 1. The highest BCUT2D eigenvalue weighted by atomic mass is 16.6. The average molecular weight is 413 g/mol. The molecule has 8 nitrogen and oxygen atoms in total. The van der Waals surface area contributed by atoms with E-state index in [0.717, 1.165) is 7.11 Å². The second kappa shape index (κ2) is 6.66. The lowest BCUT2D eigenvalue weighted by Crippen LogP contribution is -2.61. The van der Waals surface area contributed by atoms with Crippen LogP contribution in [0.25, 0.3) is 0 Å². The van der Waals surface area contributed by atoms with Gasteiger partial charge in [-0.1, -0.05) is 50.3 Å². The predicted molar refractivity (Wildman–Crippen MR) is 103 cm³/mol. The van der Waals surface area contributed by atoms with Crippen molar-refractivity contribution < 1.29 is 33.8 Å². The zero-order valence-corrected chi connectivity index (χ0v) is 16.9. The number of ketones is 3. The van der Waals surface area contributed by atoms with Crippen LogP contribution >= 0.6 is 0 Å². The second-order valence-electron chi connectivity index (χ2n) is 7.95. The highest BCUT2D eigenvalue weighted by molar-refractivity contribution is 6.21. The minimum absolute atomic E-state index is 0.175. The van der Waals surface area contributed by atoms with Gasteiger partial charge < -0.3 is 19.9 Å². The molecule has 6 atom stereocenters. The van der Waals surface area contributed by atoms with Crippen molar-refractivity contribution in [3.63, 3.8) is 0 Å². The fourth-order valence-electron chi connectivity index (χ4n) is 5.01. The molecule has 1 amide bonds. The number of methoxy groups -OCH3 is 1. The van der Waals surface area contributed by atoms with E-state index in [2.05, 4.69) is 5.32 Å². The standard InChI is InChI=1S/C22H23NO7/c1-4-14-10-11-15(24)20(14)12(2)16(25)21(30-20)18(27)22(29-3,23-19(21)28)17(26)13-8-6-5-7-9-13/h5-12,14,18,27H,4H2,1-3H3,(H,23,28)/t12-,14+,18-,20-,21+,22-/m1/s1. The molecule has 0 saturated carbocycles. The Morgan fingerprint density at radius 3 is 2.50 bits per heavy atom. The Kier molecular flexibility index (Phi) is 4.57. The quantitative estimate of drug-likeness (QED) is 0.547. The van der Waals surface area contributed by atoms with E-state index >= 15 is 0 Å². The van der Waals surface area contributed by atoms with E-state index in [1.165, 1.54) is 25.1 Å². The van der Waals surface area contributed by atoms with Gasteiger partial charge in [0.05, 0.1) is 5.92 Å². The van der Waals surface area contributed by atoms with Gasteiger partial charge in [0.15, 0.2) is 17.7 Å². The number of aliphatic hydroxyl groups excluding tert-OH is 1. The summed E-state index contributed by atoms with van der Waals surface area (Å²) in [5.41, 5.74) is -6.07. The smallest absolute Gasteiger partial charge is 0.265 e. The number of hydrogen-bond donors (Lipinski definition) is 2. The van der Waals surface area contributed by atoms with Gasteiger partial charge in [0.2, 0.25) is 17.1 Å². The second-order valence-corrected chi connectivity index (χ2v) is 7.95. The van der Waals surface area contributed by atoms with Crippen LogP contribution in [-0.2, 0) is 23.9 Å². The third-order valence-electron chi connectivity index (χ3n) is 6.69. The summed E-state index contributed by atoms with van der Waals surface area (Å²) in [5.74, 6) is -4.34. The van der Waals surface area contributed by atoms with Crippen molar-refractivity contribution in [2.45, 2.75) is 43.3 Å². The van der Waals surface area contributed by atoms with E-state index in [4.69, 9.17) is 9.47 Å². The minimum Gasteiger partial charge on any atom is -0.383 e. The van der Waals surface area contributed by atoms with Crippen LogP contribution in [-0.4, -0.2) is 58.5 Å². The number of benzene rings is 1. The Hall–Kier alpha value is -2.68. The molecule has 158 valence electrons. The molecule has 2 spiro atoms. The number of aliphatic hydroxyl groups is 1. The summed E-state index contributed by atoms with van der Waals surface area (Å²) in [6.07, 6.45) is 1.50. The first-order chi connectivity index (χ1) is 14.2. The lowest BCUT2D eigenvalue weighted by molar-refractivity contribution is -0.189. The Labute approximate surface area is 173 Å². The molecule has 2 saturated heterocycles. The van der Waals surface area contributed by atoms with Gasteiger partial charge in [-0.15, -0.1) is 0 Å². The van der Waals surface area contributed by atoms with Gasteiger partial charge in [-0.3, -0.25) is 19.2 Å². The first kappa shape index (κ1) is 20.6. The van der Waals surface area contributed by atoms with Crippen LogP contribution in [0.5, 0.6) is 0 Å². The summed E-state index contributed by atoms with van der Waals surface area (Å²) in [7, 11) is 1.15. The highest BCUT2D eigenvalue weighted by Gasteiger charge is 2.79. The van der Waals surface area contributed by atoms with Crippen LogP contribution < -0.4 is 5.32 Å². The molecule has 1 aliphatic carbocycles. The number of Topliss-reactive ketones (excluding diaryl/α,β-unsaturated/α-hetero) is 2. The Morgan fingerprint density at radius 1 is 1.23 bits per heavy atom. The van der Waals surface area contributed by atoms with Crippen molar-refractivity contribution >= 4 is 23.3 Å². The molecule has 2 heterocycles. The van der Waals surface area contributed by atoms with Crippen LogP contribution in [0.15, 0.2) is 42.5 Å². The van der Waals surface area contributed by atoms with Crippen molar-refractivity contribution in [3.05, 3.63) is 48.0 Å². The average Bonchev–Trinajstić information content (AvgIpc) is 3.29. The number of carbonyl (C=O) groups is 4. The summed E-state index contributed by atoms with van der Waals surface area (Å²) in [6, 6.07) is 7.97. The van der Waals surface area contributed by atoms with Crippen LogP contribution in [0, 0.1) is 11.8 Å². The summed E-state index contributed by atoms with van der Waals surface area (Å²) < 4.78 is 11.3. The molecule has 2 N–H and O–H groups in total. The predicted octanol–water partition coefficient (Wildman–Crippen LogP) is 0.581. The van der Waals surface area contributed by atoms with Crippen molar-refractivity contribution in [1.29, 1.82) is 0 Å². The molecule has 2 aliphatic heterocycles.